The molecule has 0 aromatic carbocycles. The molecule has 1 heterocycles. The number of nitrogens with zero attached hydrogens (tertiary/aromatic N) is 1. The molecule has 0 fully saturated rings. The van der Waals surface area contributed by atoms with Gasteiger partial charge in [-0.2, -0.15) is 0 Å². The Hall–Kier alpha value is -2.37. The largest absolute Gasteiger partial charge is 0.443 e. The standard InChI is InChI=1S/C19H29N3O3/c1-6-13(18(24)22-8-3)17(16-11-21-12-25-16)14(10-20)15(23)9-19(4,5)7-2/h10-12H,6-9,20H2,1-5H3,(H,22,24)/b14-10-,17-13-. The summed E-state index contributed by atoms with van der Waals surface area (Å²) in [7, 11) is 0. The van der Waals surface area contributed by atoms with Crippen molar-refractivity contribution in [3.63, 3.8) is 0 Å². The average molecular weight is 347 g/mol. The molecule has 6 nitrogen and oxygen atoms in total. The molecule has 1 rings (SSSR count). The molecule has 0 spiro atoms. The highest BCUT2D eigenvalue weighted by Crippen LogP contribution is 2.33. The van der Waals surface area contributed by atoms with Crippen LogP contribution in [0.4, 0.5) is 0 Å². The van der Waals surface area contributed by atoms with Crippen molar-refractivity contribution >= 4 is 17.3 Å². The molecule has 1 aromatic rings. The number of hydrogen-bond acceptors (Lipinski definition) is 5. The Kier molecular flexibility index (Phi) is 7.61. The zero-order valence-corrected chi connectivity index (χ0v) is 15.8. The number of amides is 1. The lowest BCUT2D eigenvalue weighted by Crippen LogP contribution is -2.26. The quantitative estimate of drug-likeness (QED) is 0.528. The monoisotopic (exact) mass is 347 g/mol. The van der Waals surface area contributed by atoms with E-state index in [2.05, 4.69) is 10.3 Å². The van der Waals surface area contributed by atoms with Crippen LogP contribution in [0, 0.1) is 5.41 Å². The smallest absolute Gasteiger partial charge is 0.247 e. The normalized spacial score (nSPS) is 13.4. The summed E-state index contributed by atoms with van der Waals surface area (Å²) in [4.78, 5) is 29.3. The number of Topliss-reactive ketones (excluding diaryl/α,β-unsaturated/α-hetero) is 1. The zero-order chi connectivity index (χ0) is 19.0. The summed E-state index contributed by atoms with van der Waals surface area (Å²) in [5.74, 6) is 0.0109. The summed E-state index contributed by atoms with van der Waals surface area (Å²) in [5, 5.41) is 2.78. The van der Waals surface area contributed by atoms with Crippen molar-refractivity contribution in [2.75, 3.05) is 6.54 Å². The van der Waals surface area contributed by atoms with Crippen LogP contribution in [0.25, 0.3) is 5.57 Å². The lowest BCUT2D eigenvalue weighted by atomic mass is 9.81. The van der Waals surface area contributed by atoms with E-state index in [9.17, 15) is 9.59 Å². The molecule has 0 saturated heterocycles. The second kappa shape index (κ2) is 9.20. The van der Waals surface area contributed by atoms with Crippen LogP contribution in [0.2, 0.25) is 0 Å². The van der Waals surface area contributed by atoms with Gasteiger partial charge >= 0.3 is 0 Å². The Morgan fingerprint density at radius 2 is 2.00 bits per heavy atom. The van der Waals surface area contributed by atoms with Crippen LogP contribution in [0.1, 0.15) is 59.6 Å². The number of allylic oxidation sites excluding steroid dienone is 2. The molecule has 0 atom stereocenters. The van der Waals surface area contributed by atoms with Gasteiger partial charge < -0.3 is 15.5 Å². The molecular formula is C19H29N3O3. The molecule has 0 aliphatic carbocycles. The van der Waals surface area contributed by atoms with Crippen LogP contribution in [-0.4, -0.2) is 23.2 Å². The number of likely N-dealkylation sites (N-methyl/N-ethyl adjacent to an activating group) is 1. The van der Waals surface area contributed by atoms with Crippen LogP contribution in [0.15, 0.2) is 34.4 Å². The molecule has 0 saturated carbocycles. The molecule has 1 aromatic heterocycles. The summed E-state index contributed by atoms with van der Waals surface area (Å²) in [6.45, 7) is 10.3. The number of oxazole rings is 1. The minimum absolute atomic E-state index is 0.115. The van der Waals surface area contributed by atoms with Gasteiger partial charge in [-0.25, -0.2) is 4.98 Å². The first-order chi connectivity index (χ1) is 11.8. The van der Waals surface area contributed by atoms with Crippen LogP contribution in [-0.2, 0) is 9.59 Å². The van der Waals surface area contributed by atoms with Crippen molar-refractivity contribution < 1.29 is 14.0 Å². The van der Waals surface area contributed by atoms with Crippen molar-refractivity contribution in [1.29, 1.82) is 0 Å². The van der Waals surface area contributed by atoms with E-state index in [0.29, 0.717) is 41.9 Å². The van der Waals surface area contributed by atoms with Gasteiger partial charge in [0.2, 0.25) is 5.91 Å². The van der Waals surface area contributed by atoms with E-state index in [0.717, 1.165) is 6.42 Å². The fourth-order valence-electron chi connectivity index (χ4n) is 2.47. The highest BCUT2D eigenvalue weighted by atomic mass is 16.3. The summed E-state index contributed by atoms with van der Waals surface area (Å²) in [6, 6.07) is 0. The maximum absolute atomic E-state index is 12.9. The number of carbonyl (C=O) groups excluding carboxylic acids is 2. The molecule has 0 unspecified atom stereocenters. The Morgan fingerprint density at radius 1 is 1.32 bits per heavy atom. The molecule has 0 aliphatic rings. The minimum Gasteiger partial charge on any atom is -0.443 e. The number of carbonyl (C=O) groups is 2. The number of ketones is 1. The van der Waals surface area contributed by atoms with Crippen molar-refractivity contribution in [2.24, 2.45) is 11.1 Å². The van der Waals surface area contributed by atoms with Gasteiger partial charge in [0.25, 0.3) is 0 Å². The first-order valence-corrected chi connectivity index (χ1v) is 8.66. The fourth-order valence-corrected chi connectivity index (χ4v) is 2.47. The summed E-state index contributed by atoms with van der Waals surface area (Å²) in [6.07, 6.45) is 5.65. The minimum atomic E-state index is -0.238. The Balaban J connectivity index is 3.45. The Labute approximate surface area is 149 Å². The van der Waals surface area contributed by atoms with Crippen molar-refractivity contribution in [2.45, 2.75) is 53.9 Å². The van der Waals surface area contributed by atoms with Gasteiger partial charge in [-0.15, -0.1) is 0 Å². The molecule has 25 heavy (non-hydrogen) atoms. The first kappa shape index (κ1) is 20.7. The molecule has 6 heteroatoms. The van der Waals surface area contributed by atoms with E-state index in [1.54, 1.807) is 0 Å². The highest BCUT2D eigenvalue weighted by Gasteiger charge is 2.28. The van der Waals surface area contributed by atoms with E-state index in [4.69, 9.17) is 10.2 Å². The second-order valence-corrected chi connectivity index (χ2v) is 6.63. The Morgan fingerprint density at radius 3 is 2.44 bits per heavy atom. The number of aromatic nitrogens is 1. The highest BCUT2D eigenvalue weighted by molar-refractivity contribution is 6.15. The third kappa shape index (κ3) is 5.31. The van der Waals surface area contributed by atoms with Crippen molar-refractivity contribution in [1.82, 2.24) is 10.3 Å². The maximum atomic E-state index is 12.9. The first-order valence-electron chi connectivity index (χ1n) is 8.66. The van der Waals surface area contributed by atoms with Gasteiger partial charge in [-0.1, -0.05) is 34.1 Å². The summed E-state index contributed by atoms with van der Waals surface area (Å²) >= 11 is 0. The molecular weight excluding hydrogens is 318 g/mol. The number of nitrogens with one attached hydrogen (secondary N) is 1. The van der Waals surface area contributed by atoms with E-state index < -0.39 is 0 Å². The number of nitrogens with two attached hydrogens (primary N) is 1. The summed E-state index contributed by atoms with van der Waals surface area (Å²) in [5.41, 5.74) is 6.81. The van der Waals surface area contributed by atoms with Gasteiger partial charge in [-0.05, 0) is 18.8 Å². The van der Waals surface area contributed by atoms with E-state index in [1.165, 1.54) is 18.8 Å². The molecule has 0 bridgehead atoms. The predicted molar refractivity (Wildman–Crippen MR) is 98.4 cm³/mol. The molecule has 138 valence electrons. The molecule has 3 N–H and O–H groups in total. The SMILES string of the molecule is CCNC(=O)/C(CC)=C(/C(=C\N)C(=O)CC(C)(C)CC)c1cnco1. The second-order valence-electron chi connectivity index (χ2n) is 6.63. The number of rotatable bonds is 9. The van der Waals surface area contributed by atoms with E-state index in [-0.39, 0.29) is 17.1 Å². The van der Waals surface area contributed by atoms with E-state index >= 15 is 0 Å². The van der Waals surface area contributed by atoms with Crippen LogP contribution in [0.3, 0.4) is 0 Å². The Bertz CT molecular complexity index is 655. The summed E-state index contributed by atoms with van der Waals surface area (Å²) < 4.78 is 5.40. The van der Waals surface area contributed by atoms with Crippen molar-refractivity contribution in [3.05, 3.63) is 35.7 Å². The van der Waals surface area contributed by atoms with Gasteiger partial charge in [-0.3, -0.25) is 9.59 Å². The van der Waals surface area contributed by atoms with Crippen LogP contribution < -0.4 is 11.1 Å². The number of hydrogen-bond donors (Lipinski definition) is 2. The zero-order valence-electron chi connectivity index (χ0n) is 15.8. The topological polar surface area (TPSA) is 98.2 Å². The average Bonchev–Trinajstić information content (AvgIpc) is 3.08. The third-order valence-corrected chi connectivity index (χ3v) is 4.28. The van der Waals surface area contributed by atoms with Gasteiger partial charge in [0.05, 0.1) is 6.20 Å². The van der Waals surface area contributed by atoms with Crippen molar-refractivity contribution in [3.8, 4) is 0 Å². The lowest BCUT2D eigenvalue weighted by molar-refractivity contribution is -0.117. The van der Waals surface area contributed by atoms with E-state index in [1.807, 2.05) is 34.6 Å². The van der Waals surface area contributed by atoms with Gasteiger partial charge in [0.1, 0.15) is 0 Å². The predicted octanol–water partition coefficient (Wildman–Crippen LogP) is 3.21. The molecule has 1 amide bonds. The molecule has 0 radical (unpaired) electrons. The van der Waals surface area contributed by atoms with Crippen LogP contribution >= 0.6 is 0 Å². The third-order valence-electron chi connectivity index (χ3n) is 4.28. The molecule has 0 aliphatic heterocycles. The lowest BCUT2D eigenvalue weighted by Gasteiger charge is -2.23. The van der Waals surface area contributed by atoms with Gasteiger partial charge in [0.15, 0.2) is 17.9 Å². The fraction of sp³-hybridized carbons (Fsp3) is 0.526. The van der Waals surface area contributed by atoms with Gasteiger partial charge in [0, 0.05) is 35.9 Å². The van der Waals surface area contributed by atoms with Crippen LogP contribution in [0.5, 0.6) is 0 Å². The maximum Gasteiger partial charge on any atom is 0.247 e.